The molecular weight excluding hydrogens is 421 g/mol. The Balaban J connectivity index is 1.84. The Morgan fingerprint density at radius 1 is 1.18 bits per heavy atom. The molecule has 1 N–H and O–H groups in total. The van der Waals surface area contributed by atoms with Gasteiger partial charge in [-0.1, -0.05) is 35.4 Å². The number of halogens is 2. The summed E-state index contributed by atoms with van der Waals surface area (Å²) in [5.74, 6) is -1.21. The summed E-state index contributed by atoms with van der Waals surface area (Å²) >= 11 is 7.45. The molecule has 1 aliphatic heterocycles. The molecular formula is C20H15ClFNO3S2. The van der Waals surface area contributed by atoms with Gasteiger partial charge >= 0.3 is 0 Å². The van der Waals surface area contributed by atoms with Crippen molar-refractivity contribution in [3.05, 3.63) is 74.7 Å². The number of amides is 1. The van der Waals surface area contributed by atoms with Crippen LogP contribution in [0.25, 0.3) is 0 Å². The van der Waals surface area contributed by atoms with Crippen LogP contribution in [0.5, 0.6) is 0 Å². The molecule has 3 aromatic rings. The van der Waals surface area contributed by atoms with E-state index >= 15 is 0 Å². The van der Waals surface area contributed by atoms with Crippen molar-refractivity contribution in [2.75, 3.05) is 5.32 Å². The maximum atomic E-state index is 13.4. The Morgan fingerprint density at radius 2 is 1.89 bits per heavy atom. The molecule has 0 fully saturated rings. The van der Waals surface area contributed by atoms with E-state index < -0.39 is 21.6 Å². The van der Waals surface area contributed by atoms with Crippen LogP contribution in [0.3, 0.4) is 0 Å². The predicted octanol–water partition coefficient (Wildman–Crippen LogP) is 5.16. The van der Waals surface area contributed by atoms with Gasteiger partial charge in [0.05, 0.1) is 10.6 Å². The SMILES string of the molecule is Cc1ccc(S(=O)(=O)c2csc3c2NC(=O)CC3c2ccc(F)cc2Cl)cc1. The normalized spacial score (nSPS) is 16.5. The van der Waals surface area contributed by atoms with Crippen LogP contribution in [0.1, 0.15) is 28.3 Å². The van der Waals surface area contributed by atoms with Crippen LogP contribution in [0.2, 0.25) is 5.02 Å². The Labute approximate surface area is 170 Å². The van der Waals surface area contributed by atoms with Gasteiger partial charge in [-0.15, -0.1) is 11.3 Å². The fourth-order valence-electron chi connectivity index (χ4n) is 3.28. The number of aryl methyl sites for hydroxylation is 1. The van der Waals surface area contributed by atoms with Crippen LogP contribution >= 0.6 is 22.9 Å². The molecule has 1 amide bonds. The van der Waals surface area contributed by atoms with Gasteiger partial charge < -0.3 is 5.32 Å². The molecule has 0 spiro atoms. The number of rotatable bonds is 3. The average Bonchev–Trinajstić information content (AvgIpc) is 3.06. The number of thiophene rings is 1. The Morgan fingerprint density at radius 3 is 2.57 bits per heavy atom. The van der Waals surface area contributed by atoms with E-state index in [2.05, 4.69) is 5.32 Å². The summed E-state index contributed by atoms with van der Waals surface area (Å²) in [4.78, 5) is 13.2. The third-order valence-corrected chi connectivity index (χ3v) is 8.08. The lowest BCUT2D eigenvalue weighted by Gasteiger charge is -2.24. The van der Waals surface area contributed by atoms with Crippen LogP contribution < -0.4 is 5.32 Å². The first-order chi connectivity index (χ1) is 13.3. The van der Waals surface area contributed by atoms with Crippen molar-refractivity contribution < 1.29 is 17.6 Å². The van der Waals surface area contributed by atoms with Crippen LogP contribution in [-0.4, -0.2) is 14.3 Å². The molecule has 2 aromatic carbocycles. The summed E-state index contributed by atoms with van der Waals surface area (Å²) < 4.78 is 39.7. The minimum Gasteiger partial charge on any atom is -0.324 e. The van der Waals surface area contributed by atoms with Gasteiger partial charge in [0.15, 0.2) is 0 Å². The van der Waals surface area contributed by atoms with E-state index in [0.717, 1.165) is 5.56 Å². The molecule has 0 aliphatic carbocycles. The summed E-state index contributed by atoms with van der Waals surface area (Å²) in [5, 5.41) is 4.45. The molecule has 1 atom stereocenters. The lowest BCUT2D eigenvalue weighted by molar-refractivity contribution is -0.116. The van der Waals surface area contributed by atoms with Gasteiger partial charge in [-0.2, -0.15) is 0 Å². The zero-order valence-electron chi connectivity index (χ0n) is 14.7. The highest BCUT2D eigenvalue weighted by atomic mass is 35.5. The monoisotopic (exact) mass is 435 g/mol. The molecule has 0 saturated heterocycles. The van der Waals surface area contributed by atoms with E-state index in [1.54, 1.807) is 30.3 Å². The fourth-order valence-corrected chi connectivity index (χ4v) is 6.48. The van der Waals surface area contributed by atoms with Crippen molar-refractivity contribution >= 4 is 44.4 Å². The average molecular weight is 436 g/mol. The molecule has 0 saturated carbocycles. The molecule has 0 bridgehead atoms. The Kier molecular flexibility index (Phi) is 4.77. The molecule has 28 heavy (non-hydrogen) atoms. The van der Waals surface area contributed by atoms with Gasteiger partial charge in [-0.05, 0) is 36.8 Å². The molecule has 4 rings (SSSR count). The first-order valence-corrected chi connectivity index (χ1v) is 11.2. The van der Waals surface area contributed by atoms with E-state index in [1.165, 1.54) is 28.8 Å². The number of fused-ring (bicyclic) bond motifs is 1. The number of hydrogen-bond acceptors (Lipinski definition) is 4. The maximum absolute atomic E-state index is 13.4. The zero-order chi connectivity index (χ0) is 20.1. The van der Waals surface area contributed by atoms with Gasteiger partial charge in [-0.3, -0.25) is 4.79 Å². The van der Waals surface area contributed by atoms with E-state index in [-0.39, 0.29) is 32.8 Å². The van der Waals surface area contributed by atoms with Crippen LogP contribution in [0.4, 0.5) is 10.1 Å². The van der Waals surface area contributed by atoms with E-state index in [1.807, 2.05) is 6.92 Å². The number of benzene rings is 2. The topological polar surface area (TPSA) is 63.2 Å². The minimum absolute atomic E-state index is 0.0626. The maximum Gasteiger partial charge on any atom is 0.225 e. The molecule has 4 nitrogen and oxygen atoms in total. The van der Waals surface area contributed by atoms with Crippen LogP contribution in [-0.2, 0) is 14.6 Å². The van der Waals surface area contributed by atoms with Gasteiger partial charge in [-0.25, -0.2) is 12.8 Å². The van der Waals surface area contributed by atoms with Gasteiger partial charge in [0.25, 0.3) is 0 Å². The largest absolute Gasteiger partial charge is 0.324 e. The number of carbonyl (C=O) groups excluding carboxylic acids is 1. The number of sulfone groups is 1. The van der Waals surface area contributed by atoms with Gasteiger partial charge in [0, 0.05) is 27.6 Å². The zero-order valence-corrected chi connectivity index (χ0v) is 17.1. The van der Waals surface area contributed by atoms with Crippen LogP contribution in [0, 0.1) is 12.7 Å². The summed E-state index contributed by atoms with van der Waals surface area (Å²) in [5.41, 5.74) is 1.83. The van der Waals surface area contributed by atoms with Crippen molar-refractivity contribution in [1.82, 2.24) is 0 Å². The second-order valence-corrected chi connectivity index (χ2v) is 9.86. The number of hydrogen-bond donors (Lipinski definition) is 1. The highest BCUT2D eigenvalue weighted by Gasteiger charge is 2.35. The van der Waals surface area contributed by atoms with Crippen molar-refractivity contribution in [1.29, 1.82) is 0 Å². The standard InChI is InChI=1S/C20H15ClFNO3S2/c1-11-2-5-13(6-3-11)28(25,26)17-10-27-20-15(9-18(24)23-19(17)20)14-7-4-12(22)8-16(14)21/h2-8,10,15H,9H2,1H3,(H,23,24). The van der Waals surface area contributed by atoms with E-state index in [0.29, 0.717) is 10.4 Å². The summed E-state index contributed by atoms with van der Waals surface area (Å²) in [6.45, 7) is 1.88. The van der Waals surface area contributed by atoms with Crippen molar-refractivity contribution in [2.24, 2.45) is 0 Å². The van der Waals surface area contributed by atoms with Crippen molar-refractivity contribution in [3.8, 4) is 0 Å². The molecule has 1 unspecified atom stereocenters. The first kappa shape index (κ1) is 19.1. The highest BCUT2D eigenvalue weighted by Crippen LogP contribution is 2.47. The fraction of sp³-hybridized carbons (Fsp3) is 0.150. The Hall–Kier alpha value is -2.22. The molecule has 1 aliphatic rings. The Bertz CT molecular complexity index is 1190. The lowest BCUT2D eigenvalue weighted by atomic mass is 9.90. The number of nitrogens with one attached hydrogen (secondary N) is 1. The van der Waals surface area contributed by atoms with E-state index in [9.17, 15) is 17.6 Å². The number of carbonyl (C=O) groups is 1. The molecule has 0 radical (unpaired) electrons. The summed E-state index contributed by atoms with van der Waals surface area (Å²) in [7, 11) is -3.80. The van der Waals surface area contributed by atoms with Crippen molar-refractivity contribution in [2.45, 2.75) is 29.1 Å². The quantitative estimate of drug-likeness (QED) is 0.618. The first-order valence-electron chi connectivity index (χ1n) is 8.45. The van der Waals surface area contributed by atoms with Crippen LogP contribution in [0.15, 0.2) is 57.6 Å². The minimum atomic E-state index is -3.80. The molecule has 8 heteroatoms. The van der Waals surface area contributed by atoms with Gasteiger partial charge in [0.1, 0.15) is 10.7 Å². The summed E-state index contributed by atoms with van der Waals surface area (Å²) in [6, 6.07) is 10.6. The second-order valence-electron chi connectivity index (χ2n) is 6.63. The smallest absolute Gasteiger partial charge is 0.225 e. The van der Waals surface area contributed by atoms with E-state index in [4.69, 9.17) is 11.6 Å². The second kappa shape index (κ2) is 6.99. The van der Waals surface area contributed by atoms with Gasteiger partial charge in [0.2, 0.25) is 15.7 Å². The lowest BCUT2D eigenvalue weighted by Crippen LogP contribution is -2.23. The predicted molar refractivity (Wildman–Crippen MR) is 107 cm³/mol. The third kappa shape index (κ3) is 3.23. The molecule has 144 valence electrons. The van der Waals surface area contributed by atoms with Crippen molar-refractivity contribution in [3.63, 3.8) is 0 Å². The number of anilines is 1. The molecule has 1 aromatic heterocycles. The summed E-state index contributed by atoms with van der Waals surface area (Å²) in [6.07, 6.45) is 0.114. The highest BCUT2D eigenvalue weighted by molar-refractivity contribution is 7.91. The molecule has 2 heterocycles. The third-order valence-electron chi connectivity index (χ3n) is 4.71.